The van der Waals surface area contributed by atoms with Crippen LogP contribution in [-0.2, 0) is 14.8 Å². The van der Waals surface area contributed by atoms with Crippen LogP contribution in [0.3, 0.4) is 0 Å². The molecule has 6 nitrogen and oxygen atoms in total. The molecule has 0 bridgehead atoms. The molecule has 1 atom stereocenters. The van der Waals surface area contributed by atoms with Crippen LogP contribution < -0.4 is 10.2 Å². The maximum atomic E-state index is 13.0. The first-order chi connectivity index (χ1) is 13.9. The summed E-state index contributed by atoms with van der Waals surface area (Å²) in [6, 6.07) is 13.1. The number of hydrogen-bond acceptors (Lipinski definition) is 4. The molecule has 2 heterocycles. The van der Waals surface area contributed by atoms with Gasteiger partial charge in [-0.25, -0.2) is 8.42 Å². The standard InChI is InChI=1S/C21H24ClN3O3S/c22-16-5-11-19(12-6-16)29(27,28)25-15-3-4-20(25)21(26)23-17-7-9-18(10-8-17)24-13-1-2-14-24/h5-12,20H,1-4,13-15H2,(H,23,26)/t20-/m0/s1. The van der Waals surface area contributed by atoms with Gasteiger partial charge in [0.25, 0.3) is 0 Å². The Kier molecular flexibility index (Phi) is 5.81. The molecule has 0 unspecified atom stereocenters. The summed E-state index contributed by atoms with van der Waals surface area (Å²) in [5.74, 6) is -0.297. The molecule has 29 heavy (non-hydrogen) atoms. The number of anilines is 2. The Morgan fingerprint density at radius 3 is 2.24 bits per heavy atom. The Hall–Kier alpha value is -2.09. The fourth-order valence-electron chi connectivity index (χ4n) is 3.99. The van der Waals surface area contributed by atoms with E-state index < -0.39 is 16.1 Å². The molecule has 2 aliphatic heterocycles. The van der Waals surface area contributed by atoms with Crippen molar-refractivity contribution >= 4 is 38.9 Å². The Morgan fingerprint density at radius 1 is 0.931 bits per heavy atom. The first-order valence-electron chi connectivity index (χ1n) is 9.88. The lowest BCUT2D eigenvalue weighted by Gasteiger charge is -2.23. The molecule has 2 aromatic carbocycles. The minimum atomic E-state index is -3.75. The number of hydrogen-bond donors (Lipinski definition) is 1. The summed E-state index contributed by atoms with van der Waals surface area (Å²) in [4.78, 5) is 15.3. The van der Waals surface area contributed by atoms with Gasteiger partial charge in [0, 0.05) is 36.0 Å². The zero-order valence-electron chi connectivity index (χ0n) is 16.1. The van der Waals surface area contributed by atoms with Crippen LogP contribution in [0.5, 0.6) is 0 Å². The molecule has 0 radical (unpaired) electrons. The predicted molar refractivity (Wildman–Crippen MR) is 115 cm³/mol. The van der Waals surface area contributed by atoms with E-state index in [-0.39, 0.29) is 10.8 Å². The van der Waals surface area contributed by atoms with Crippen molar-refractivity contribution in [3.05, 3.63) is 53.6 Å². The van der Waals surface area contributed by atoms with Gasteiger partial charge in [0.15, 0.2) is 0 Å². The molecule has 0 spiro atoms. The van der Waals surface area contributed by atoms with E-state index in [2.05, 4.69) is 10.2 Å². The molecule has 2 saturated heterocycles. The molecular formula is C21H24ClN3O3S. The number of amides is 1. The Morgan fingerprint density at radius 2 is 1.59 bits per heavy atom. The third-order valence-corrected chi connectivity index (χ3v) is 7.71. The molecule has 0 saturated carbocycles. The monoisotopic (exact) mass is 433 g/mol. The van der Waals surface area contributed by atoms with Gasteiger partial charge >= 0.3 is 0 Å². The average Bonchev–Trinajstić information content (AvgIpc) is 3.41. The van der Waals surface area contributed by atoms with Crippen LogP contribution in [0.1, 0.15) is 25.7 Å². The summed E-state index contributed by atoms with van der Waals surface area (Å²) in [7, 11) is -3.75. The number of nitrogens with zero attached hydrogens (tertiary/aromatic N) is 2. The summed E-state index contributed by atoms with van der Waals surface area (Å²) in [6.45, 7) is 2.45. The van der Waals surface area contributed by atoms with Gasteiger partial charge in [0.1, 0.15) is 6.04 Å². The zero-order valence-corrected chi connectivity index (χ0v) is 17.6. The van der Waals surface area contributed by atoms with Gasteiger partial charge < -0.3 is 10.2 Å². The summed E-state index contributed by atoms with van der Waals surface area (Å²) in [5, 5.41) is 3.35. The third-order valence-electron chi connectivity index (χ3n) is 5.53. The van der Waals surface area contributed by atoms with Crippen LogP contribution >= 0.6 is 11.6 Å². The van der Waals surface area contributed by atoms with Crippen molar-refractivity contribution < 1.29 is 13.2 Å². The fraction of sp³-hybridized carbons (Fsp3) is 0.381. The molecule has 8 heteroatoms. The molecule has 0 aliphatic carbocycles. The smallest absolute Gasteiger partial charge is 0.243 e. The zero-order chi connectivity index (χ0) is 20.4. The highest BCUT2D eigenvalue weighted by atomic mass is 35.5. The lowest BCUT2D eigenvalue weighted by molar-refractivity contribution is -0.119. The SMILES string of the molecule is O=C(Nc1ccc(N2CCCC2)cc1)[C@@H]1CCCN1S(=O)(=O)c1ccc(Cl)cc1. The molecule has 2 aliphatic rings. The number of carbonyl (C=O) groups excluding carboxylic acids is 1. The lowest BCUT2D eigenvalue weighted by Crippen LogP contribution is -2.43. The van der Waals surface area contributed by atoms with Crippen LogP contribution in [-0.4, -0.2) is 44.3 Å². The highest BCUT2D eigenvalue weighted by Gasteiger charge is 2.39. The largest absolute Gasteiger partial charge is 0.372 e. The Bertz CT molecular complexity index is 971. The van der Waals surface area contributed by atoms with E-state index in [1.54, 1.807) is 12.1 Å². The maximum absolute atomic E-state index is 13.0. The molecule has 1 N–H and O–H groups in total. The first-order valence-corrected chi connectivity index (χ1v) is 11.7. The second-order valence-electron chi connectivity index (χ2n) is 7.46. The minimum absolute atomic E-state index is 0.150. The maximum Gasteiger partial charge on any atom is 0.243 e. The van der Waals surface area contributed by atoms with Crippen molar-refractivity contribution in [2.75, 3.05) is 29.9 Å². The Balaban J connectivity index is 1.47. The van der Waals surface area contributed by atoms with Crippen LogP contribution in [0.25, 0.3) is 0 Å². The fourth-order valence-corrected chi connectivity index (χ4v) is 5.77. The summed E-state index contributed by atoms with van der Waals surface area (Å²) in [5.41, 5.74) is 1.82. The Labute approximate surface area is 176 Å². The van der Waals surface area contributed by atoms with E-state index in [9.17, 15) is 13.2 Å². The van der Waals surface area contributed by atoms with Crippen LogP contribution in [0.15, 0.2) is 53.4 Å². The van der Waals surface area contributed by atoms with E-state index in [1.807, 2.05) is 24.3 Å². The molecule has 154 valence electrons. The number of nitrogens with one attached hydrogen (secondary N) is 1. The van der Waals surface area contributed by atoms with Crippen molar-refractivity contribution in [3.8, 4) is 0 Å². The molecule has 0 aromatic heterocycles. The van der Waals surface area contributed by atoms with Crippen molar-refractivity contribution in [1.82, 2.24) is 4.31 Å². The van der Waals surface area contributed by atoms with E-state index in [4.69, 9.17) is 11.6 Å². The van der Waals surface area contributed by atoms with Gasteiger partial charge in [0.2, 0.25) is 15.9 Å². The summed E-state index contributed by atoms with van der Waals surface area (Å²) < 4.78 is 27.3. The summed E-state index contributed by atoms with van der Waals surface area (Å²) in [6.07, 6.45) is 3.57. The van der Waals surface area contributed by atoms with E-state index in [0.717, 1.165) is 18.8 Å². The second-order valence-corrected chi connectivity index (χ2v) is 9.78. The second kappa shape index (κ2) is 8.34. The van der Waals surface area contributed by atoms with Crippen molar-refractivity contribution in [1.29, 1.82) is 0 Å². The number of rotatable bonds is 5. The van der Waals surface area contributed by atoms with Gasteiger partial charge in [-0.2, -0.15) is 4.31 Å². The van der Waals surface area contributed by atoms with Gasteiger partial charge in [0.05, 0.1) is 4.90 Å². The van der Waals surface area contributed by atoms with Gasteiger partial charge in [-0.3, -0.25) is 4.79 Å². The summed E-state index contributed by atoms with van der Waals surface area (Å²) >= 11 is 5.87. The molecule has 4 rings (SSSR count). The quantitative estimate of drug-likeness (QED) is 0.779. The predicted octanol–water partition coefficient (Wildman–Crippen LogP) is 3.73. The van der Waals surface area contributed by atoms with E-state index >= 15 is 0 Å². The molecule has 2 fully saturated rings. The van der Waals surface area contributed by atoms with Crippen molar-refractivity contribution in [2.45, 2.75) is 36.6 Å². The number of halogens is 1. The van der Waals surface area contributed by atoms with Crippen molar-refractivity contribution in [2.24, 2.45) is 0 Å². The molecular weight excluding hydrogens is 410 g/mol. The number of carbonyl (C=O) groups is 1. The number of sulfonamides is 1. The lowest BCUT2D eigenvalue weighted by atomic mass is 10.2. The topological polar surface area (TPSA) is 69.7 Å². The molecule has 2 aromatic rings. The van der Waals surface area contributed by atoms with Crippen LogP contribution in [0, 0.1) is 0 Å². The normalized spacial score (nSPS) is 20.2. The van der Waals surface area contributed by atoms with Gasteiger partial charge in [-0.05, 0) is 74.2 Å². The molecule has 1 amide bonds. The van der Waals surface area contributed by atoms with Crippen LogP contribution in [0.2, 0.25) is 5.02 Å². The van der Waals surface area contributed by atoms with Crippen LogP contribution in [0.4, 0.5) is 11.4 Å². The first kappa shape index (κ1) is 20.2. The number of benzene rings is 2. The minimum Gasteiger partial charge on any atom is -0.372 e. The van der Waals surface area contributed by atoms with Gasteiger partial charge in [-0.1, -0.05) is 11.6 Å². The van der Waals surface area contributed by atoms with E-state index in [0.29, 0.717) is 30.1 Å². The van der Waals surface area contributed by atoms with Crippen molar-refractivity contribution in [3.63, 3.8) is 0 Å². The average molecular weight is 434 g/mol. The van der Waals surface area contributed by atoms with Gasteiger partial charge in [-0.15, -0.1) is 0 Å². The highest BCUT2D eigenvalue weighted by molar-refractivity contribution is 7.89. The third kappa shape index (κ3) is 4.27. The highest BCUT2D eigenvalue weighted by Crippen LogP contribution is 2.28. The van der Waals surface area contributed by atoms with E-state index in [1.165, 1.54) is 29.3 Å².